The summed E-state index contributed by atoms with van der Waals surface area (Å²) in [5.41, 5.74) is 5.50. The summed E-state index contributed by atoms with van der Waals surface area (Å²) >= 11 is 1.46. The van der Waals surface area contributed by atoms with Gasteiger partial charge in [0.25, 0.3) is 0 Å². The van der Waals surface area contributed by atoms with Gasteiger partial charge in [0.15, 0.2) is 0 Å². The third-order valence-corrected chi connectivity index (χ3v) is 4.39. The van der Waals surface area contributed by atoms with Gasteiger partial charge < -0.3 is 10.6 Å². The summed E-state index contributed by atoms with van der Waals surface area (Å²) in [4.78, 5) is 14.3. The lowest BCUT2D eigenvalue weighted by Gasteiger charge is -2.44. The number of alkyl halides is 3. The van der Waals surface area contributed by atoms with Crippen molar-refractivity contribution in [2.45, 2.75) is 18.3 Å². The van der Waals surface area contributed by atoms with Crippen LogP contribution in [0.5, 0.6) is 0 Å². The molecular weight excluding hydrogens is 301 g/mol. The van der Waals surface area contributed by atoms with Gasteiger partial charge in [-0.25, -0.2) is 0 Å². The molecule has 1 aromatic heterocycles. The van der Waals surface area contributed by atoms with Crippen molar-refractivity contribution in [1.82, 2.24) is 0 Å². The van der Waals surface area contributed by atoms with Crippen molar-refractivity contribution in [3.63, 3.8) is 0 Å². The Bertz CT molecular complexity index is 652. The highest BCUT2D eigenvalue weighted by molar-refractivity contribution is 7.10. The number of rotatable bonds is 2. The van der Waals surface area contributed by atoms with Crippen LogP contribution in [-0.4, -0.2) is 11.9 Å². The van der Waals surface area contributed by atoms with Crippen LogP contribution in [0, 0.1) is 0 Å². The normalized spacial score (nSPS) is 22.3. The molecular formula is C14H11F3N2OS. The number of benzene rings is 1. The number of nitrogens with zero attached hydrogens (tertiary/aromatic N) is 1. The molecule has 1 aromatic carbocycles. The van der Waals surface area contributed by atoms with Gasteiger partial charge in [-0.15, -0.1) is 11.3 Å². The van der Waals surface area contributed by atoms with Crippen LogP contribution < -0.4 is 10.6 Å². The van der Waals surface area contributed by atoms with E-state index in [1.54, 1.807) is 0 Å². The first kappa shape index (κ1) is 14.1. The Morgan fingerprint density at radius 3 is 2.33 bits per heavy atom. The fourth-order valence-electron chi connectivity index (χ4n) is 2.37. The largest absolute Gasteiger partial charge is 0.416 e. The molecule has 110 valence electrons. The Labute approximate surface area is 122 Å². The lowest BCUT2D eigenvalue weighted by Crippen LogP contribution is -2.63. The van der Waals surface area contributed by atoms with Gasteiger partial charge in [-0.05, 0) is 35.7 Å². The van der Waals surface area contributed by atoms with Gasteiger partial charge >= 0.3 is 6.18 Å². The number of nitrogens with two attached hydrogens (primary N) is 1. The number of amides is 1. The van der Waals surface area contributed by atoms with Crippen LogP contribution in [0.1, 0.15) is 16.5 Å². The first-order chi connectivity index (χ1) is 9.89. The van der Waals surface area contributed by atoms with Crippen LogP contribution in [0.3, 0.4) is 0 Å². The van der Waals surface area contributed by atoms with Crippen LogP contribution in [0.25, 0.3) is 0 Å². The van der Waals surface area contributed by atoms with Gasteiger partial charge in [-0.1, -0.05) is 6.07 Å². The van der Waals surface area contributed by atoms with Gasteiger partial charge in [0.05, 0.1) is 11.6 Å². The molecule has 1 fully saturated rings. The Kier molecular flexibility index (Phi) is 3.26. The van der Waals surface area contributed by atoms with Crippen LogP contribution in [0.2, 0.25) is 0 Å². The average molecular weight is 312 g/mol. The van der Waals surface area contributed by atoms with E-state index in [0.717, 1.165) is 17.0 Å². The molecule has 0 radical (unpaired) electrons. The molecule has 3 rings (SSSR count). The number of anilines is 1. The first-order valence-electron chi connectivity index (χ1n) is 6.19. The summed E-state index contributed by atoms with van der Waals surface area (Å²) in [6.45, 7) is 0. The number of thiophene rings is 1. The van der Waals surface area contributed by atoms with Crippen LogP contribution >= 0.6 is 11.3 Å². The maximum absolute atomic E-state index is 12.6. The van der Waals surface area contributed by atoms with E-state index in [2.05, 4.69) is 0 Å². The van der Waals surface area contributed by atoms with Crippen molar-refractivity contribution in [2.24, 2.45) is 5.73 Å². The molecule has 21 heavy (non-hydrogen) atoms. The van der Waals surface area contributed by atoms with Gasteiger partial charge in [0.2, 0.25) is 5.91 Å². The smallest absolute Gasteiger partial charge is 0.318 e. The highest BCUT2D eigenvalue weighted by atomic mass is 32.1. The van der Waals surface area contributed by atoms with Gasteiger partial charge in [0, 0.05) is 10.6 Å². The van der Waals surface area contributed by atoms with E-state index in [-0.39, 0.29) is 11.9 Å². The summed E-state index contributed by atoms with van der Waals surface area (Å²) in [5.74, 6) is -0.284. The molecule has 2 N–H and O–H groups in total. The Hall–Kier alpha value is -1.86. The molecule has 2 heterocycles. The molecule has 1 saturated heterocycles. The minimum absolute atomic E-state index is 0.284. The van der Waals surface area contributed by atoms with Gasteiger partial charge in [-0.2, -0.15) is 13.2 Å². The van der Waals surface area contributed by atoms with Crippen molar-refractivity contribution < 1.29 is 18.0 Å². The highest BCUT2D eigenvalue weighted by Gasteiger charge is 2.47. The van der Waals surface area contributed by atoms with E-state index < -0.39 is 17.8 Å². The third-order valence-electron chi connectivity index (χ3n) is 3.45. The van der Waals surface area contributed by atoms with E-state index in [1.807, 2.05) is 17.5 Å². The first-order valence-corrected chi connectivity index (χ1v) is 7.07. The van der Waals surface area contributed by atoms with Gasteiger partial charge in [0.1, 0.15) is 6.04 Å². The number of hydrogen-bond acceptors (Lipinski definition) is 3. The third kappa shape index (κ3) is 2.32. The molecule has 0 saturated carbocycles. The van der Waals surface area contributed by atoms with E-state index in [0.29, 0.717) is 5.69 Å². The number of carbonyl (C=O) groups is 1. The molecule has 1 aliphatic heterocycles. The highest BCUT2D eigenvalue weighted by Crippen LogP contribution is 2.40. The summed E-state index contributed by atoms with van der Waals surface area (Å²) in [5, 5.41) is 1.87. The molecule has 0 aliphatic carbocycles. The number of β-lactam (4-membered cyclic amide) rings is 1. The SMILES string of the molecule is N[C@@H]1C(=O)N(c2ccc(C(F)(F)F)cc2)[C@@H]1c1cccs1. The predicted molar refractivity (Wildman–Crippen MR) is 74.0 cm³/mol. The molecule has 0 bridgehead atoms. The monoisotopic (exact) mass is 312 g/mol. The Morgan fingerprint density at radius 2 is 1.81 bits per heavy atom. The van der Waals surface area contributed by atoms with E-state index >= 15 is 0 Å². The van der Waals surface area contributed by atoms with Crippen molar-refractivity contribution in [1.29, 1.82) is 0 Å². The topological polar surface area (TPSA) is 46.3 Å². The molecule has 1 aliphatic rings. The summed E-state index contributed by atoms with van der Waals surface area (Å²) in [6.07, 6.45) is -4.39. The number of carbonyl (C=O) groups excluding carboxylic acids is 1. The summed E-state index contributed by atoms with van der Waals surface area (Å²) in [6, 6.07) is 7.29. The average Bonchev–Trinajstić information content (AvgIpc) is 2.96. The summed E-state index contributed by atoms with van der Waals surface area (Å²) in [7, 11) is 0. The molecule has 2 atom stereocenters. The maximum atomic E-state index is 12.6. The molecule has 7 heteroatoms. The Balaban J connectivity index is 1.90. The molecule has 2 aromatic rings. The molecule has 1 amide bonds. The maximum Gasteiger partial charge on any atom is 0.416 e. The minimum Gasteiger partial charge on any atom is -0.318 e. The van der Waals surface area contributed by atoms with Crippen molar-refractivity contribution in [2.75, 3.05) is 4.90 Å². The second kappa shape index (κ2) is 4.85. The number of halogens is 3. The summed E-state index contributed by atoms with van der Waals surface area (Å²) < 4.78 is 37.7. The second-order valence-electron chi connectivity index (χ2n) is 4.74. The zero-order valence-corrected chi connectivity index (χ0v) is 11.5. The Morgan fingerprint density at radius 1 is 1.14 bits per heavy atom. The van der Waals surface area contributed by atoms with Crippen LogP contribution in [0.4, 0.5) is 18.9 Å². The van der Waals surface area contributed by atoms with E-state index in [4.69, 9.17) is 5.73 Å². The van der Waals surface area contributed by atoms with E-state index in [9.17, 15) is 18.0 Å². The van der Waals surface area contributed by atoms with Crippen molar-refractivity contribution >= 4 is 22.9 Å². The van der Waals surface area contributed by atoms with E-state index in [1.165, 1.54) is 28.4 Å². The lowest BCUT2D eigenvalue weighted by atomic mass is 9.93. The molecule has 0 spiro atoms. The fraction of sp³-hybridized carbons (Fsp3) is 0.214. The van der Waals surface area contributed by atoms with Crippen molar-refractivity contribution in [3.8, 4) is 0 Å². The minimum atomic E-state index is -4.39. The number of hydrogen-bond donors (Lipinski definition) is 1. The fourth-order valence-corrected chi connectivity index (χ4v) is 3.24. The van der Waals surface area contributed by atoms with Crippen molar-refractivity contribution in [3.05, 3.63) is 52.2 Å². The standard InChI is InChI=1S/C14H11F3N2OS/c15-14(16,17)8-3-5-9(6-4-8)19-12(11(18)13(19)20)10-2-1-7-21-10/h1-7,11-12H,18H2/t11-,12+/m0/s1. The molecule has 0 unspecified atom stereocenters. The van der Waals surface area contributed by atoms with Gasteiger partial charge in [-0.3, -0.25) is 4.79 Å². The zero-order valence-electron chi connectivity index (χ0n) is 10.7. The predicted octanol–water partition coefficient (Wildman–Crippen LogP) is 3.18. The lowest BCUT2D eigenvalue weighted by molar-refractivity contribution is -0.137. The zero-order chi connectivity index (χ0) is 15.2. The second-order valence-corrected chi connectivity index (χ2v) is 5.72. The molecule has 3 nitrogen and oxygen atoms in total. The van der Waals surface area contributed by atoms with Crippen LogP contribution in [-0.2, 0) is 11.0 Å². The quantitative estimate of drug-likeness (QED) is 0.866. The van der Waals surface area contributed by atoms with Crippen LogP contribution in [0.15, 0.2) is 41.8 Å².